The maximum absolute atomic E-state index is 3.94. The highest BCUT2D eigenvalue weighted by molar-refractivity contribution is 7.26. The molecule has 2 heteroatoms. The van der Waals surface area contributed by atoms with E-state index in [1.54, 1.807) is 5.57 Å². The molecule has 0 spiro atoms. The van der Waals surface area contributed by atoms with E-state index in [1.165, 1.54) is 76.0 Å². The molecule has 0 aliphatic heterocycles. The summed E-state index contributed by atoms with van der Waals surface area (Å²) in [7, 11) is 0. The van der Waals surface area contributed by atoms with Crippen LogP contribution in [0.2, 0.25) is 0 Å². The Morgan fingerprint density at radius 1 is 0.750 bits per heavy atom. The number of fused-ring (bicyclic) bond motifs is 6. The van der Waals surface area contributed by atoms with E-state index in [0.717, 1.165) is 37.1 Å². The van der Waals surface area contributed by atoms with Crippen LogP contribution in [0.3, 0.4) is 0 Å². The minimum atomic E-state index is 0.0305. The molecular formula is C58H55NS. The van der Waals surface area contributed by atoms with Crippen molar-refractivity contribution < 1.29 is 0 Å². The largest absolute Gasteiger partial charge is 0.314 e. The van der Waals surface area contributed by atoms with E-state index < -0.39 is 0 Å². The molecule has 4 aliphatic rings. The third-order valence-electron chi connectivity index (χ3n) is 13.0. The van der Waals surface area contributed by atoms with E-state index in [1.807, 2.05) is 23.5 Å². The molecule has 298 valence electrons. The second-order valence-corrected chi connectivity index (χ2v) is 18.1. The van der Waals surface area contributed by atoms with Crippen molar-refractivity contribution in [2.24, 2.45) is 11.8 Å². The summed E-state index contributed by atoms with van der Waals surface area (Å²) in [5.41, 5.74) is 17.3. The van der Waals surface area contributed by atoms with Gasteiger partial charge in [0.2, 0.25) is 0 Å². The molecule has 0 saturated heterocycles. The predicted octanol–water partition coefficient (Wildman–Crippen LogP) is 16.9. The van der Waals surface area contributed by atoms with Crippen molar-refractivity contribution in [1.29, 1.82) is 0 Å². The third kappa shape index (κ3) is 7.11. The van der Waals surface area contributed by atoms with Crippen LogP contribution in [-0.2, 0) is 5.41 Å². The second-order valence-electron chi connectivity index (χ2n) is 17.1. The first-order valence-electron chi connectivity index (χ1n) is 21.8. The van der Waals surface area contributed by atoms with E-state index in [4.69, 9.17) is 0 Å². The lowest BCUT2D eigenvalue weighted by molar-refractivity contribution is 0.652. The summed E-state index contributed by atoms with van der Waals surface area (Å²) in [4.78, 5) is 2.46. The highest BCUT2D eigenvalue weighted by atomic mass is 32.1. The van der Waals surface area contributed by atoms with Gasteiger partial charge in [-0.3, -0.25) is 0 Å². The van der Waals surface area contributed by atoms with Crippen molar-refractivity contribution in [2.45, 2.75) is 65.7 Å². The van der Waals surface area contributed by atoms with Crippen LogP contribution in [0, 0.1) is 11.8 Å². The Balaban J connectivity index is 1.17. The summed E-state index contributed by atoms with van der Waals surface area (Å²) in [5.74, 6) is 0.367. The molecule has 1 heterocycles. The zero-order chi connectivity index (χ0) is 41.4. The standard InChI is InChI=1S/C58H55NS/c1-7-9-20-41(8-2)47-36-38-54(40(4)19-14-13-18-39(47)3)59(45-31-27-43(28-32-45)42-21-11-10-12-22-42)46-33-29-44(30-34-46)48-24-17-25-49-50-35-37-53-55(57(50)60-56(48)49)51-23-15-16-26-52(51)58(53,5)6/h7-11,13-14,16-21,24-40H,1,12,15,22-23H2,2-6H3/b18-13-,19-14-,20-9-,41-8+,47-36+,54-38+. The number of hydrogen-bond acceptors (Lipinski definition) is 2. The lowest BCUT2D eigenvalue weighted by Gasteiger charge is -2.31. The lowest BCUT2D eigenvalue weighted by Crippen LogP contribution is -2.21. The van der Waals surface area contributed by atoms with Gasteiger partial charge >= 0.3 is 0 Å². The van der Waals surface area contributed by atoms with Gasteiger partial charge < -0.3 is 4.90 Å². The molecule has 4 aliphatic carbocycles. The van der Waals surface area contributed by atoms with Crippen molar-refractivity contribution in [3.05, 3.63) is 216 Å². The molecular weight excluding hydrogens is 743 g/mol. The average Bonchev–Trinajstić information content (AvgIpc) is 3.78. The van der Waals surface area contributed by atoms with Gasteiger partial charge in [0.05, 0.1) is 0 Å². The van der Waals surface area contributed by atoms with Crippen LogP contribution in [0.5, 0.6) is 0 Å². The number of benzene rings is 4. The smallest absolute Gasteiger partial charge is 0.0459 e. The monoisotopic (exact) mass is 797 g/mol. The maximum Gasteiger partial charge on any atom is 0.0459 e. The van der Waals surface area contributed by atoms with Crippen molar-refractivity contribution >= 4 is 54.0 Å². The van der Waals surface area contributed by atoms with Gasteiger partial charge in [-0.2, -0.15) is 0 Å². The first-order valence-corrected chi connectivity index (χ1v) is 22.6. The molecule has 0 radical (unpaired) electrons. The van der Waals surface area contributed by atoms with Gasteiger partial charge in [-0.15, -0.1) is 11.3 Å². The Bertz CT molecular complexity index is 2810. The Morgan fingerprint density at radius 2 is 1.47 bits per heavy atom. The summed E-state index contributed by atoms with van der Waals surface area (Å²) in [6.07, 6.45) is 37.8. The molecule has 4 aromatic carbocycles. The Morgan fingerprint density at radius 3 is 2.18 bits per heavy atom. The zero-order valence-corrected chi connectivity index (χ0v) is 36.5. The summed E-state index contributed by atoms with van der Waals surface area (Å²) in [5, 5.41) is 2.73. The van der Waals surface area contributed by atoms with Crippen molar-refractivity contribution in [2.75, 3.05) is 4.90 Å². The number of thiophene rings is 1. The number of nitrogens with zero attached hydrogens (tertiary/aromatic N) is 1. The highest BCUT2D eigenvalue weighted by Gasteiger charge is 2.38. The van der Waals surface area contributed by atoms with Crippen LogP contribution in [0.25, 0.3) is 42.4 Å². The van der Waals surface area contributed by atoms with Gasteiger partial charge in [-0.25, -0.2) is 0 Å². The van der Waals surface area contributed by atoms with Gasteiger partial charge in [-0.1, -0.05) is 174 Å². The molecule has 1 aromatic heterocycles. The molecule has 2 unspecified atom stereocenters. The van der Waals surface area contributed by atoms with Crippen molar-refractivity contribution in [3.63, 3.8) is 0 Å². The van der Waals surface area contributed by atoms with Crippen LogP contribution in [-0.4, -0.2) is 0 Å². The molecule has 1 nitrogen and oxygen atoms in total. The SMILES string of the molecule is C=C\C=C/C(=C\C)C1=C/C=C(/N(c2ccc(C3=CC=CCC3)cc2)c2ccc(-c3cccc4c3sc3c5c(ccc34)C(C)(C)C3=C5CCC=C3)cc2)C(C)/C=C\C=C/C\1C. The predicted molar refractivity (Wildman–Crippen MR) is 264 cm³/mol. The van der Waals surface area contributed by atoms with Gasteiger partial charge in [0, 0.05) is 48.6 Å². The summed E-state index contributed by atoms with van der Waals surface area (Å²) < 4.78 is 2.81. The third-order valence-corrected chi connectivity index (χ3v) is 14.3. The van der Waals surface area contributed by atoms with E-state index in [9.17, 15) is 0 Å². The summed E-state index contributed by atoms with van der Waals surface area (Å²) in [6.45, 7) is 15.4. The van der Waals surface area contributed by atoms with E-state index in [0.29, 0.717) is 0 Å². The normalized spacial score (nSPS) is 22.8. The Labute approximate surface area is 361 Å². The molecule has 0 fully saturated rings. The number of hydrogen-bond donors (Lipinski definition) is 0. The highest BCUT2D eigenvalue weighted by Crippen LogP contribution is 2.55. The fourth-order valence-corrected chi connectivity index (χ4v) is 11.2. The Kier molecular flexibility index (Phi) is 10.9. The maximum atomic E-state index is 3.94. The molecule has 60 heavy (non-hydrogen) atoms. The molecule has 2 atom stereocenters. The Hall–Kier alpha value is -5.96. The summed E-state index contributed by atoms with van der Waals surface area (Å²) in [6, 6.07) is 30.2. The fourth-order valence-electron chi connectivity index (χ4n) is 9.78. The molecule has 0 amide bonds. The second kappa shape index (κ2) is 16.6. The van der Waals surface area contributed by atoms with Gasteiger partial charge in [0.15, 0.2) is 0 Å². The minimum Gasteiger partial charge on any atom is -0.314 e. The molecule has 0 bridgehead atoms. The first-order chi connectivity index (χ1) is 29.3. The topological polar surface area (TPSA) is 3.24 Å². The number of anilines is 2. The van der Waals surface area contributed by atoms with E-state index in [2.05, 4.69) is 204 Å². The van der Waals surface area contributed by atoms with E-state index in [-0.39, 0.29) is 17.3 Å². The molecule has 5 aromatic rings. The zero-order valence-electron chi connectivity index (χ0n) is 35.7. The van der Waals surface area contributed by atoms with Crippen LogP contribution in [0.4, 0.5) is 11.4 Å². The van der Waals surface area contributed by atoms with Crippen LogP contribution >= 0.6 is 11.3 Å². The molecule has 0 N–H and O–H groups in total. The van der Waals surface area contributed by atoms with Crippen molar-refractivity contribution in [3.8, 4) is 11.1 Å². The van der Waals surface area contributed by atoms with Crippen LogP contribution < -0.4 is 4.90 Å². The minimum absolute atomic E-state index is 0.0305. The van der Waals surface area contributed by atoms with Crippen molar-refractivity contribution in [1.82, 2.24) is 0 Å². The fraction of sp³-hybridized carbons (Fsp3) is 0.207. The van der Waals surface area contributed by atoms with Gasteiger partial charge in [0.25, 0.3) is 0 Å². The number of allylic oxidation sites excluding steroid dienone is 20. The average molecular weight is 798 g/mol. The van der Waals surface area contributed by atoms with Crippen LogP contribution in [0.1, 0.15) is 77.0 Å². The molecule has 0 saturated carbocycles. The number of rotatable bonds is 8. The van der Waals surface area contributed by atoms with Crippen LogP contribution in [0.15, 0.2) is 199 Å². The van der Waals surface area contributed by atoms with Gasteiger partial charge in [-0.05, 0) is 125 Å². The quantitative estimate of drug-likeness (QED) is 0.141. The first kappa shape index (κ1) is 39.5. The van der Waals surface area contributed by atoms with Gasteiger partial charge in [0.1, 0.15) is 0 Å². The lowest BCUT2D eigenvalue weighted by atomic mass is 9.80. The molecule has 9 rings (SSSR count). The summed E-state index contributed by atoms with van der Waals surface area (Å²) >= 11 is 1.98. The van der Waals surface area contributed by atoms with E-state index >= 15 is 0 Å².